The average molecular weight is 410 g/mol. The van der Waals surface area contributed by atoms with Crippen LogP contribution in [0.15, 0.2) is 24.3 Å². The Kier molecular flexibility index (Phi) is 11.2. The van der Waals surface area contributed by atoms with E-state index in [4.69, 9.17) is 5.73 Å². The predicted molar refractivity (Wildman–Crippen MR) is 117 cm³/mol. The lowest BCUT2D eigenvalue weighted by molar-refractivity contribution is 0.0755. The average Bonchev–Trinajstić information content (AvgIpc) is 2.72. The molecule has 1 unspecified atom stereocenters. The van der Waals surface area contributed by atoms with Crippen molar-refractivity contribution < 1.29 is 9.59 Å². The van der Waals surface area contributed by atoms with E-state index in [1.54, 1.807) is 24.3 Å². The summed E-state index contributed by atoms with van der Waals surface area (Å²) in [6, 6.07) is 7.07. The maximum atomic E-state index is 12.8. The summed E-state index contributed by atoms with van der Waals surface area (Å²) in [6.45, 7) is 6.06. The summed E-state index contributed by atoms with van der Waals surface area (Å²) in [6.07, 6.45) is 7.81. The molecule has 0 aliphatic heterocycles. The molecular formula is C22H36ClN3O2. The third kappa shape index (κ3) is 6.78. The largest absolute Gasteiger partial charge is 0.348 e. The lowest BCUT2D eigenvalue weighted by atomic mass is 9.84. The predicted octanol–water partition coefficient (Wildman–Crippen LogP) is 4.01. The lowest BCUT2D eigenvalue weighted by Crippen LogP contribution is -2.46. The maximum absolute atomic E-state index is 12.8. The van der Waals surface area contributed by atoms with Crippen molar-refractivity contribution in [3.8, 4) is 0 Å². The molecule has 5 nitrogen and oxygen atoms in total. The quantitative estimate of drug-likeness (QED) is 0.647. The van der Waals surface area contributed by atoms with Gasteiger partial charge in [0.15, 0.2) is 0 Å². The molecule has 1 aliphatic rings. The zero-order valence-electron chi connectivity index (χ0n) is 17.3. The molecule has 0 saturated heterocycles. The van der Waals surface area contributed by atoms with Gasteiger partial charge in [-0.3, -0.25) is 9.59 Å². The summed E-state index contributed by atoms with van der Waals surface area (Å²) < 4.78 is 0. The van der Waals surface area contributed by atoms with E-state index in [0.29, 0.717) is 23.6 Å². The second-order valence-electron chi connectivity index (χ2n) is 7.59. The summed E-state index contributed by atoms with van der Waals surface area (Å²) >= 11 is 0. The van der Waals surface area contributed by atoms with E-state index in [1.807, 2.05) is 4.90 Å². The number of hydrogen-bond donors (Lipinski definition) is 2. The van der Waals surface area contributed by atoms with Gasteiger partial charge in [0.2, 0.25) is 0 Å². The van der Waals surface area contributed by atoms with Crippen LogP contribution in [0.2, 0.25) is 0 Å². The monoisotopic (exact) mass is 409 g/mol. The van der Waals surface area contributed by atoms with E-state index in [9.17, 15) is 9.59 Å². The third-order valence-corrected chi connectivity index (χ3v) is 5.44. The highest BCUT2D eigenvalue weighted by molar-refractivity contribution is 5.99. The van der Waals surface area contributed by atoms with Crippen LogP contribution in [0.25, 0.3) is 0 Å². The minimum Gasteiger partial charge on any atom is -0.348 e. The molecule has 28 heavy (non-hydrogen) atoms. The van der Waals surface area contributed by atoms with Crippen molar-refractivity contribution in [1.29, 1.82) is 0 Å². The van der Waals surface area contributed by atoms with Gasteiger partial charge in [0, 0.05) is 36.8 Å². The Morgan fingerprint density at radius 2 is 1.71 bits per heavy atom. The fraction of sp³-hybridized carbons (Fsp3) is 0.636. The van der Waals surface area contributed by atoms with E-state index >= 15 is 0 Å². The zero-order chi connectivity index (χ0) is 19.6. The normalized spacial score (nSPS) is 15.4. The SMILES string of the molecule is CCCN(CCC)C(=O)c1cccc(C(=O)NC(CN)C2CCCCC2)c1.Cl. The molecule has 1 aromatic rings. The Balaban J connectivity index is 0.00000392. The number of nitrogens with zero attached hydrogens (tertiary/aromatic N) is 1. The Bertz CT molecular complexity index is 612. The summed E-state index contributed by atoms with van der Waals surface area (Å²) in [7, 11) is 0. The molecule has 0 spiro atoms. The van der Waals surface area contributed by atoms with Crippen molar-refractivity contribution in [3.05, 3.63) is 35.4 Å². The first kappa shape index (κ1) is 24.4. The molecule has 158 valence electrons. The lowest BCUT2D eigenvalue weighted by Gasteiger charge is -2.30. The van der Waals surface area contributed by atoms with Crippen molar-refractivity contribution in [2.45, 2.75) is 64.8 Å². The highest BCUT2D eigenvalue weighted by Gasteiger charge is 2.24. The molecular weight excluding hydrogens is 374 g/mol. The van der Waals surface area contributed by atoms with Crippen LogP contribution in [0.3, 0.4) is 0 Å². The number of hydrogen-bond acceptors (Lipinski definition) is 3. The van der Waals surface area contributed by atoms with Crippen LogP contribution >= 0.6 is 12.4 Å². The highest BCUT2D eigenvalue weighted by Crippen LogP contribution is 2.26. The summed E-state index contributed by atoms with van der Waals surface area (Å²) in [5.74, 6) is 0.321. The Morgan fingerprint density at radius 3 is 2.29 bits per heavy atom. The van der Waals surface area contributed by atoms with Gasteiger partial charge in [-0.2, -0.15) is 0 Å². The number of carbonyl (C=O) groups excluding carboxylic acids is 2. The molecule has 1 aliphatic carbocycles. The molecule has 1 aromatic carbocycles. The van der Waals surface area contributed by atoms with Gasteiger partial charge in [0.05, 0.1) is 0 Å². The molecule has 0 aromatic heterocycles. The molecule has 1 saturated carbocycles. The minimum atomic E-state index is -0.136. The van der Waals surface area contributed by atoms with Crippen LogP contribution in [-0.4, -0.2) is 42.4 Å². The van der Waals surface area contributed by atoms with Gasteiger partial charge in [-0.15, -0.1) is 12.4 Å². The summed E-state index contributed by atoms with van der Waals surface area (Å²) in [5.41, 5.74) is 7.05. The number of rotatable bonds is 9. The first-order chi connectivity index (χ1) is 13.1. The molecule has 0 heterocycles. The van der Waals surface area contributed by atoms with Crippen molar-refractivity contribution in [3.63, 3.8) is 0 Å². The van der Waals surface area contributed by atoms with Crippen molar-refractivity contribution >= 4 is 24.2 Å². The second kappa shape index (κ2) is 12.8. The number of halogens is 1. The van der Waals surface area contributed by atoms with E-state index in [-0.39, 0.29) is 30.3 Å². The minimum absolute atomic E-state index is 0. The van der Waals surface area contributed by atoms with Gasteiger partial charge in [0.1, 0.15) is 0 Å². The first-order valence-electron chi connectivity index (χ1n) is 10.5. The fourth-order valence-corrected chi connectivity index (χ4v) is 3.99. The van der Waals surface area contributed by atoms with Crippen molar-refractivity contribution in [1.82, 2.24) is 10.2 Å². The molecule has 6 heteroatoms. The summed E-state index contributed by atoms with van der Waals surface area (Å²) in [4.78, 5) is 27.4. The number of carbonyl (C=O) groups is 2. The molecule has 1 atom stereocenters. The van der Waals surface area contributed by atoms with Gasteiger partial charge in [-0.25, -0.2) is 0 Å². The Labute approximate surface area is 175 Å². The van der Waals surface area contributed by atoms with Crippen molar-refractivity contribution in [2.24, 2.45) is 11.7 Å². The smallest absolute Gasteiger partial charge is 0.253 e. The number of benzene rings is 1. The van der Waals surface area contributed by atoms with Crippen LogP contribution in [-0.2, 0) is 0 Å². The molecule has 2 amide bonds. The Hall–Kier alpha value is -1.59. The molecule has 1 fully saturated rings. The third-order valence-electron chi connectivity index (χ3n) is 5.44. The standard InChI is InChI=1S/C22H35N3O2.ClH/c1-3-13-25(14-4-2)22(27)19-12-8-11-18(15-19)21(26)24-20(16-23)17-9-6-5-7-10-17;/h8,11-12,15,17,20H,3-7,9-10,13-14,16,23H2,1-2H3,(H,24,26);1H. The number of nitrogens with one attached hydrogen (secondary N) is 1. The van der Waals surface area contributed by atoms with Gasteiger partial charge < -0.3 is 16.0 Å². The van der Waals surface area contributed by atoms with Crippen LogP contribution < -0.4 is 11.1 Å². The van der Waals surface area contributed by atoms with Crippen LogP contribution in [0.1, 0.15) is 79.5 Å². The van der Waals surface area contributed by atoms with Gasteiger partial charge in [0.25, 0.3) is 11.8 Å². The Morgan fingerprint density at radius 1 is 1.11 bits per heavy atom. The second-order valence-corrected chi connectivity index (χ2v) is 7.59. The maximum Gasteiger partial charge on any atom is 0.253 e. The van der Waals surface area contributed by atoms with Crippen LogP contribution in [0, 0.1) is 5.92 Å². The van der Waals surface area contributed by atoms with E-state index < -0.39 is 0 Å². The van der Waals surface area contributed by atoms with Crippen LogP contribution in [0.4, 0.5) is 0 Å². The van der Waals surface area contributed by atoms with E-state index in [1.165, 1.54) is 19.3 Å². The van der Waals surface area contributed by atoms with Crippen molar-refractivity contribution in [2.75, 3.05) is 19.6 Å². The van der Waals surface area contributed by atoms with E-state index in [0.717, 1.165) is 38.8 Å². The van der Waals surface area contributed by atoms with Gasteiger partial charge >= 0.3 is 0 Å². The van der Waals surface area contributed by atoms with Crippen LogP contribution in [0.5, 0.6) is 0 Å². The van der Waals surface area contributed by atoms with Gasteiger partial charge in [-0.05, 0) is 49.8 Å². The zero-order valence-corrected chi connectivity index (χ0v) is 18.1. The summed E-state index contributed by atoms with van der Waals surface area (Å²) in [5, 5.41) is 3.11. The molecule has 0 radical (unpaired) electrons. The molecule has 0 bridgehead atoms. The highest BCUT2D eigenvalue weighted by atomic mass is 35.5. The van der Waals surface area contributed by atoms with E-state index in [2.05, 4.69) is 19.2 Å². The first-order valence-corrected chi connectivity index (χ1v) is 10.5. The topological polar surface area (TPSA) is 75.4 Å². The van der Waals surface area contributed by atoms with Gasteiger partial charge in [-0.1, -0.05) is 39.2 Å². The molecule has 3 N–H and O–H groups in total. The number of amides is 2. The fourth-order valence-electron chi connectivity index (χ4n) is 3.99. The number of nitrogens with two attached hydrogens (primary N) is 1. The molecule has 2 rings (SSSR count).